The molecule has 30 heavy (non-hydrogen) atoms. The van der Waals surface area contributed by atoms with Crippen LogP contribution in [0.15, 0.2) is 49.1 Å². The first-order valence-corrected chi connectivity index (χ1v) is 10.1. The molecular weight excluding hydrogens is 381 g/mol. The van der Waals surface area contributed by atoms with Crippen LogP contribution in [0.1, 0.15) is 35.3 Å². The Morgan fingerprint density at radius 2 is 2.00 bits per heavy atom. The molecule has 1 saturated carbocycles. The van der Waals surface area contributed by atoms with Crippen molar-refractivity contribution >= 4 is 11.7 Å². The quantitative estimate of drug-likeness (QED) is 0.622. The van der Waals surface area contributed by atoms with Crippen LogP contribution in [0.5, 0.6) is 0 Å². The van der Waals surface area contributed by atoms with Crippen LogP contribution in [0.2, 0.25) is 0 Å². The third-order valence-corrected chi connectivity index (χ3v) is 5.60. The lowest BCUT2D eigenvalue weighted by molar-refractivity contribution is 0.0551. The Morgan fingerprint density at radius 3 is 2.63 bits per heavy atom. The highest BCUT2D eigenvalue weighted by atomic mass is 19.1. The second kappa shape index (κ2) is 8.26. The summed E-state index contributed by atoms with van der Waals surface area (Å²) in [6.45, 7) is 0.430. The fourth-order valence-electron chi connectivity index (χ4n) is 3.65. The lowest BCUT2D eigenvalue weighted by Crippen LogP contribution is -2.43. The number of carbonyl (C=O) groups excluding carboxylic acids is 1. The van der Waals surface area contributed by atoms with Crippen molar-refractivity contribution in [2.45, 2.75) is 31.8 Å². The lowest BCUT2D eigenvalue weighted by atomic mass is 9.90. The summed E-state index contributed by atoms with van der Waals surface area (Å²) < 4.78 is 16.4. The summed E-state index contributed by atoms with van der Waals surface area (Å²) in [6.07, 6.45) is 8.15. The molecule has 0 spiro atoms. The minimum absolute atomic E-state index is 0.0787. The van der Waals surface area contributed by atoms with Crippen molar-refractivity contribution in [3.8, 4) is 11.1 Å². The third kappa shape index (κ3) is 4.06. The number of amides is 1. The summed E-state index contributed by atoms with van der Waals surface area (Å²) >= 11 is 0. The highest BCUT2D eigenvalue weighted by Gasteiger charge is 2.30. The van der Waals surface area contributed by atoms with Crippen molar-refractivity contribution in [1.29, 1.82) is 0 Å². The number of halogens is 1. The second-order valence-corrected chi connectivity index (χ2v) is 8.05. The number of anilines is 1. The van der Waals surface area contributed by atoms with Crippen molar-refractivity contribution in [3.05, 3.63) is 66.1 Å². The predicted molar refractivity (Wildman–Crippen MR) is 115 cm³/mol. The first-order valence-electron chi connectivity index (χ1n) is 10.1. The number of aryl methyl sites for hydroxylation is 1. The van der Waals surface area contributed by atoms with E-state index in [1.54, 1.807) is 35.4 Å². The topological polar surface area (TPSA) is 54.3 Å². The molecule has 2 aromatic heterocycles. The summed E-state index contributed by atoms with van der Waals surface area (Å²) in [5, 5.41) is 0. The number of carbonyl (C=O) groups is 1. The highest BCUT2D eigenvalue weighted by molar-refractivity contribution is 5.92. The average Bonchev–Trinajstić information content (AvgIpc) is 3.13. The van der Waals surface area contributed by atoms with Crippen molar-refractivity contribution in [2.75, 3.05) is 19.0 Å². The summed E-state index contributed by atoms with van der Waals surface area (Å²) in [5.41, 5.74) is 2.61. The predicted octanol–water partition coefficient (Wildman–Crippen LogP) is 3.88. The molecule has 0 bridgehead atoms. The van der Waals surface area contributed by atoms with E-state index in [4.69, 9.17) is 0 Å². The van der Waals surface area contributed by atoms with Gasteiger partial charge >= 0.3 is 0 Å². The zero-order valence-electron chi connectivity index (χ0n) is 17.5. The SMILES string of the molecule is CN(C)c1cc(-c2cc(CN(C(=O)c3cn(C)cn3)C3CCC3)ccc2F)ccn1. The molecule has 0 saturated heterocycles. The second-order valence-electron chi connectivity index (χ2n) is 8.05. The molecule has 0 aliphatic heterocycles. The number of benzene rings is 1. The molecule has 1 aliphatic rings. The summed E-state index contributed by atoms with van der Waals surface area (Å²) in [7, 11) is 5.65. The highest BCUT2D eigenvalue weighted by Crippen LogP contribution is 2.30. The summed E-state index contributed by atoms with van der Waals surface area (Å²) in [4.78, 5) is 25.4. The molecule has 156 valence electrons. The molecule has 0 atom stereocenters. The van der Waals surface area contributed by atoms with Gasteiger partial charge in [0, 0.05) is 51.7 Å². The Kier molecular flexibility index (Phi) is 5.53. The van der Waals surface area contributed by atoms with Gasteiger partial charge in [-0.25, -0.2) is 14.4 Å². The number of nitrogens with zero attached hydrogens (tertiary/aromatic N) is 5. The Hall–Kier alpha value is -3.22. The molecule has 0 unspecified atom stereocenters. The zero-order chi connectivity index (χ0) is 21.3. The Bertz CT molecular complexity index is 1060. The van der Waals surface area contributed by atoms with E-state index in [-0.39, 0.29) is 17.8 Å². The Labute approximate surface area is 176 Å². The van der Waals surface area contributed by atoms with Gasteiger partial charge in [0.1, 0.15) is 17.3 Å². The van der Waals surface area contributed by atoms with Crippen LogP contribution in [-0.2, 0) is 13.6 Å². The first-order chi connectivity index (χ1) is 14.4. The molecule has 3 aromatic rings. The van der Waals surface area contributed by atoms with Gasteiger partial charge in [0.25, 0.3) is 5.91 Å². The van der Waals surface area contributed by atoms with Gasteiger partial charge in [0.05, 0.1) is 6.33 Å². The normalized spacial score (nSPS) is 13.7. The van der Waals surface area contributed by atoms with Crippen LogP contribution in [0, 0.1) is 5.82 Å². The van der Waals surface area contributed by atoms with Crippen LogP contribution in [0.3, 0.4) is 0 Å². The monoisotopic (exact) mass is 407 g/mol. The fourth-order valence-corrected chi connectivity index (χ4v) is 3.65. The van der Waals surface area contributed by atoms with E-state index in [0.29, 0.717) is 17.8 Å². The van der Waals surface area contributed by atoms with Gasteiger partial charge in [-0.3, -0.25) is 4.79 Å². The van der Waals surface area contributed by atoms with Crippen molar-refractivity contribution < 1.29 is 9.18 Å². The van der Waals surface area contributed by atoms with Gasteiger partial charge in [-0.2, -0.15) is 0 Å². The molecule has 1 amide bonds. The maximum atomic E-state index is 14.7. The van der Waals surface area contributed by atoms with Crippen molar-refractivity contribution in [3.63, 3.8) is 0 Å². The van der Waals surface area contributed by atoms with Gasteiger partial charge < -0.3 is 14.4 Å². The molecule has 0 radical (unpaired) electrons. The van der Waals surface area contributed by atoms with Gasteiger partial charge in [-0.1, -0.05) is 6.07 Å². The van der Waals surface area contributed by atoms with Gasteiger partial charge in [-0.05, 0) is 54.7 Å². The summed E-state index contributed by atoms with van der Waals surface area (Å²) in [5.74, 6) is 0.393. The van der Waals surface area contributed by atoms with E-state index in [2.05, 4.69) is 9.97 Å². The van der Waals surface area contributed by atoms with Crippen LogP contribution >= 0.6 is 0 Å². The number of imidazole rings is 1. The number of pyridine rings is 1. The molecule has 6 nitrogen and oxygen atoms in total. The molecule has 4 rings (SSSR count). The van der Waals surface area contributed by atoms with Crippen molar-refractivity contribution in [2.24, 2.45) is 7.05 Å². The lowest BCUT2D eigenvalue weighted by Gasteiger charge is -2.37. The van der Waals surface area contributed by atoms with Crippen LogP contribution in [0.4, 0.5) is 10.2 Å². The van der Waals surface area contributed by atoms with Gasteiger partial charge in [0.2, 0.25) is 0 Å². The maximum absolute atomic E-state index is 14.7. The largest absolute Gasteiger partial charge is 0.363 e. The van der Waals surface area contributed by atoms with Crippen LogP contribution in [-0.4, -0.2) is 45.5 Å². The number of hydrogen-bond donors (Lipinski definition) is 0. The van der Waals surface area contributed by atoms with Crippen molar-refractivity contribution in [1.82, 2.24) is 19.4 Å². The van der Waals surface area contributed by atoms with Gasteiger partial charge in [0.15, 0.2) is 0 Å². The van der Waals surface area contributed by atoms with Gasteiger partial charge in [-0.15, -0.1) is 0 Å². The molecule has 1 aromatic carbocycles. The van der Waals surface area contributed by atoms with Crippen LogP contribution in [0.25, 0.3) is 11.1 Å². The molecule has 0 N–H and O–H groups in total. The number of rotatable bonds is 6. The molecular formula is C23H26FN5O. The van der Waals surface area contributed by atoms with Crippen LogP contribution < -0.4 is 4.90 Å². The number of hydrogen-bond acceptors (Lipinski definition) is 4. The Morgan fingerprint density at radius 1 is 1.20 bits per heavy atom. The maximum Gasteiger partial charge on any atom is 0.274 e. The smallest absolute Gasteiger partial charge is 0.274 e. The average molecular weight is 407 g/mol. The van der Waals surface area contributed by atoms with E-state index in [0.717, 1.165) is 36.2 Å². The third-order valence-electron chi connectivity index (χ3n) is 5.60. The molecule has 1 aliphatic carbocycles. The number of aromatic nitrogens is 3. The fraction of sp³-hybridized carbons (Fsp3) is 0.348. The molecule has 2 heterocycles. The Balaban J connectivity index is 1.64. The zero-order valence-corrected chi connectivity index (χ0v) is 17.5. The molecule has 1 fully saturated rings. The minimum Gasteiger partial charge on any atom is -0.363 e. The summed E-state index contributed by atoms with van der Waals surface area (Å²) in [6, 6.07) is 8.94. The minimum atomic E-state index is -0.291. The van der Waals surface area contributed by atoms with E-state index >= 15 is 0 Å². The van der Waals surface area contributed by atoms with E-state index in [1.165, 1.54) is 6.07 Å². The van der Waals surface area contributed by atoms with E-state index in [1.807, 2.05) is 43.1 Å². The first kappa shape index (κ1) is 20.1. The van der Waals surface area contributed by atoms with E-state index in [9.17, 15) is 9.18 Å². The standard InChI is InChI=1S/C23H26FN5O/c1-27(2)22-12-17(9-10-25-22)19-11-16(7-8-20(19)24)13-29(18-5-4-6-18)23(30)21-14-28(3)15-26-21/h7-12,14-15,18H,4-6,13H2,1-3H3. The molecule has 7 heteroatoms. The van der Waals surface area contributed by atoms with E-state index < -0.39 is 0 Å².